The topological polar surface area (TPSA) is 58.4 Å². The van der Waals surface area contributed by atoms with Gasteiger partial charge in [0.1, 0.15) is 0 Å². The van der Waals surface area contributed by atoms with Gasteiger partial charge in [-0.3, -0.25) is 4.79 Å². The minimum atomic E-state index is -0.105. The van der Waals surface area contributed by atoms with Gasteiger partial charge in [-0.25, -0.2) is 0 Å². The molecule has 1 heterocycles. The number of amides is 1. The zero-order valence-corrected chi connectivity index (χ0v) is 15.9. The Balaban J connectivity index is 0.00000242. The van der Waals surface area contributed by atoms with Gasteiger partial charge in [-0.05, 0) is 31.0 Å². The Hall–Kier alpha value is -0.460. The van der Waals surface area contributed by atoms with Gasteiger partial charge in [-0.15, -0.1) is 24.8 Å². The number of nitrogens with zero attached hydrogens (tertiary/aromatic N) is 1. The predicted octanol–water partition coefficient (Wildman–Crippen LogP) is 2.80. The van der Waals surface area contributed by atoms with Crippen LogP contribution in [0.2, 0.25) is 0 Å². The Morgan fingerprint density at radius 1 is 1.26 bits per heavy atom. The lowest BCUT2D eigenvalue weighted by atomic mass is 10.1. The number of carbonyl (C=O) groups excluding carboxylic acids is 1. The van der Waals surface area contributed by atoms with E-state index in [2.05, 4.69) is 22.3 Å². The second-order valence-corrected chi connectivity index (χ2v) is 6.86. The van der Waals surface area contributed by atoms with Gasteiger partial charge in [0, 0.05) is 49.3 Å². The van der Waals surface area contributed by atoms with Gasteiger partial charge >= 0.3 is 0 Å². The molecular formula is C16H27Cl2N3OS. The molecule has 0 aromatic heterocycles. The fourth-order valence-corrected chi connectivity index (χ4v) is 3.35. The average molecular weight is 380 g/mol. The summed E-state index contributed by atoms with van der Waals surface area (Å²) < 4.78 is 0. The lowest BCUT2D eigenvalue weighted by molar-refractivity contribution is -0.116. The minimum Gasteiger partial charge on any atom is -0.327 e. The van der Waals surface area contributed by atoms with E-state index < -0.39 is 0 Å². The molecule has 1 saturated heterocycles. The first kappa shape index (κ1) is 22.5. The number of anilines is 1. The van der Waals surface area contributed by atoms with Crippen molar-refractivity contribution in [2.75, 3.05) is 36.5 Å². The van der Waals surface area contributed by atoms with Crippen LogP contribution in [0.15, 0.2) is 24.3 Å². The maximum absolute atomic E-state index is 11.6. The number of hydrogen-bond donors (Lipinski definition) is 2. The van der Waals surface area contributed by atoms with Crippen molar-refractivity contribution in [1.82, 2.24) is 4.90 Å². The third-order valence-electron chi connectivity index (χ3n) is 3.57. The quantitative estimate of drug-likeness (QED) is 0.797. The number of nitrogens with two attached hydrogens (primary N) is 1. The summed E-state index contributed by atoms with van der Waals surface area (Å²) in [4.78, 5) is 14.2. The Morgan fingerprint density at radius 2 is 1.87 bits per heavy atom. The van der Waals surface area contributed by atoms with Crippen molar-refractivity contribution in [2.45, 2.75) is 25.8 Å². The Morgan fingerprint density at radius 3 is 2.43 bits per heavy atom. The summed E-state index contributed by atoms with van der Waals surface area (Å²) in [5.41, 5.74) is 7.78. The summed E-state index contributed by atoms with van der Waals surface area (Å²) in [7, 11) is 0. The Labute approximate surface area is 155 Å². The number of rotatable bonds is 6. The van der Waals surface area contributed by atoms with E-state index in [1.54, 1.807) is 0 Å². The molecule has 1 fully saturated rings. The molecule has 1 aliphatic rings. The number of thioether (sulfide) groups is 1. The van der Waals surface area contributed by atoms with Crippen LogP contribution in [0.5, 0.6) is 0 Å². The van der Waals surface area contributed by atoms with Crippen LogP contribution in [0.25, 0.3) is 0 Å². The van der Waals surface area contributed by atoms with Crippen LogP contribution >= 0.6 is 36.6 Å². The Bertz CT molecular complexity index is 451. The van der Waals surface area contributed by atoms with Gasteiger partial charge in [-0.2, -0.15) is 11.8 Å². The van der Waals surface area contributed by atoms with Gasteiger partial charge in [0.25, 0.3) is 0 Å². The zero-order chi connectivity index (χ0) is 15.1. The van der Waals surface area contributed by atoms with Crippen molar-refractivity contribution in [2.24, 2.45) is 5.73 Å². The highest BCUT2D eigenvalue weighted by atomic mass is 35.5. The molecule has 132 valence electrons. The number of nitrogens with one attached hydrogen (secondary N) is 1. The van der Waals surface area contributed by atoms with Gasteiger partial charge in [-0.1, -0.05) is 12.1 Å². The molecule has 1 aromatic rings. The van der Waals surface area contributed by atoms with Crippen molar-refractivity contribution >= 4 is 48.2 Å². The molecular weight excluding hydrogens is 353 g/mol. The summed E-state index contributed by atoms with van der Waals surface area (Å²) in [6, 6.07) is 8.04. The maximum Gasteiger partial charge on any atom is 0.225 e. The van der Waals surface area contributed by atoms with Crippen LogP contribution in [0.4, 0.5) is 5.69 Å². The van der Waals surface area contributed by atoms with Gasteiger partial charge in [0.2, 0.25) is 5.91 Å². The SMILES string of the molecule is CC(N)CC(=O)Nc1ccc(CCN2CCSCC2)cc1.Cl.Cl. The lowest BCUT2D eigenvalue weighted by Crippen LogP contribution is -2.34. The fourth-order valence-electron chi connectivity index (χ4n) is 2.37. The van der Waals surface area contributed by atoms with E-state index >= 15 is 0 Å². The molecule has 7 heteroatoms. The molecule has 0 saturated carbocycles. The van der Waals surface area contributed by atoms with E-state index in [1.807, 2.05) is 30.8 Å². The number of benzene rings is 1. The van der Waals surface area contributed by atoms with Crippen molar-refractivity contribution in [1.29, 1.82) is 0 Å². The summed E-state index contributed by atoms with van der Waals surface area (Å²) in [6.07, 6.45) is 1.42. The summed E-state index contributed by atoms with van der Waals surface area (Å²) in [5, 5.41) is 2.87. The molecule has 1 aromatic carbocycles. The zero-order valence-electron chi connectivity index (χ0n) is 13.5. The smallest absolute Gasteiger partial charge is 0.225 e. The predicted molar refractivity (Wildman–Crippen MR) is 105 cm³/mol. The summed E-state index contributed by atoms with van der Waals surface area (Å²) in [6.45, 7) is 5.37. The number of hydrogen-bond acceptors (Lipinski definition) is 4. The van der Waals surface area contributed by atoms with E-state index in [0.717, 1.165) is 18.7 Å². The van der Waals surface area contributed by atoms with Crippen LogP contribution in [-0.4, -0.2) is 48.0 Å². The van der Waals surface area contributed by atoms with Crippen LogP contribution in [0.3, 0.4) is 0 Å². The molecule has 0 bridgehead atoms. The largest absolute Gasteiger partial charge is 0.327 e. The lowest BCUT2D eigenvalue weighted by Gasteiger charge is -2.26. The molecule has 0 aliphatic carbocycles. The molecule has 3 N–H and O–H groups in total. The third-order valence-corrected chi connectivity index (χ3v) is 4.51. The highest BCUT2D eigenvalue weighted by Crippen LogP contribution is 2.13. The molecule has 23 heavy (non-hydrogen) atoms. The molecule has 0 radical (unpaired) electrons. The van der Waals surface area contributed by atoms with Crippen molar-refractivity contribution in [3.8, 4) is 0 Å². The molecule has 1 unspecified atom stereocenters. The highest BCUT2D eigenvalue weighted by molar-refractivity contribution is 7.99. The first-order valence-electron chi connectivity index (χ1n) is 7.58. The van der Waals surface area contributed by atoms with E-state index in [9.17, 15) is 4.79 Å². The fraction of sp³-hybridized carbons (Fsp3) is 0.562. The van der Waals surface area contributed by atoms with Crippen LogP contribution < -0.4 is 11.1 Å². The number of carbonyl (C=O) groups is 1. The molecule has 1 atom stereocenters. The van der Waals surface area contributed by atoms with Gasteiger partial charge in [0.05, 0.1) is 0 Å². The van der Waals surface area contributed by atoms with E-state index in [0.29, 0.717) is 6.42 Å². The molecule has 1 amide bonds. The molecule has 2 rings (SSSR count). The second-order valence-electron chi connectivity index (χ2n) is 5.63. The first-order valence-corrected chi connectivity index (χ1v) is 8.73. The van der Waals surface area contributed by atoms with Gasteiger partial charge < -0.3 is 16.0 Å². The van der Waals surface area contributed by atoms with E-state index in [4.69, 9.17) is 5.73 Å². The Kier molecular flexibility index (Phi) is 11.7. The second kappa shape index (κ2) is 12.0. The molecule has 4 nitrogen and oxygen atoms in total. The molecule has 1 aliphatic heterocycles. The number of halogens is 2. The monoisotopic (exact) mass is 379 g/mol. The first-order chi connectivity index (χ1) is 10.1. The standard InChI is InChI=1S/C16H25N3OS.2ClH/c1-13(17)12-16(20)18-15-4-2-14(3-5-15)6-7-19-8-10-21-11-9-19;;/h2-5,13H,6-12,17H2,1H3,(H,18,20);2*1H. The average Bonchev–Trinajstić information content (AvgIpc) is 2.47. The van der Waals surface area contributed by atoms with E-state index in [-0.39, 0.29) is 36.8 Å². The van der Waals surface area contributed by atoms with Crippen molar-refractivity contribution in [3.63, 3.8) is 0 Å². The van der Waals surface area contributed by atoms with Crippen molar-refractivity contribution in [3.05, 3.63) is 29.8 Å². The minimum absolute atomic E-state index is 0. The van der Waals surface area contributed by atoms with Crippen molar-refractivity contribution < 1.29 is 4.79 Å². The van der Waals surface area contributed by atoms with Gasteiger partial charge in [0.15, 0.2) is 0 Å². The maximum atomic E-state index is 11.6. The normalized spacial score (nSPS) is 15.9. The summed E-state index contributed by atoms with van der Waals surface area (Å²) in [5.74, 6) is 2.48. The van der Waals surface area contributed by atoms with Crippen LogP contribution in [0, 0.1) is 0 Å². The van der Waals surface area contributed by atoms with Crippen LogP contribution in [-0.2, 0) is 11.2 Å². The van der Waals surface area contributed by atoms with Crippen LogP contribution in [0.1, 0.15) is 18.9 Å². The third kappa shape index (κ3) is 8.82. The van der Waals surface area contributed by atoms with E-state index in [1.165, 1.54) is 30.2 Å². The highest BCUT2D eigenvalue weighted by Gasteiger charge is 2.10. The summed E-state index contributed by atoms with van der Waals surface area (Å²) >= 11 is 2.04. The molecule has 0 spiro atoms.